The van der Waals surface area contributed by atoms with Crippen molar-refractivity contribution >= 4 is 23.6 Å². The number of nitrogens with zero attached hydrogens (tertiary/aromatic N) is 1. The van der Waals surface area contributed by atoms with Crippen LogP contribution in [0.3, 0.4) is 0 Å². The molecule has 92 valence electrons. The van der Waals surface area contributed by atoms with Crippen LogP contribution >= 0.6 is 11.8 Å². The van der Waals surface area contributed by atoms with Crippen molar-refractivity contribution in [1.82, 2.24) is 10.3 Å². The van der Waals surface area contributed by atoms with Crippen LogP contribution in [0.5, 0.6) is 0 Å². The first-order valence-corrected chi connectivity index (χ1v) is 6.47. The van der Waals surface area contributed by atoms with E-state index in [4.69, 9.17) is 5.11 Å². The molecule has 0 aliphatic carbocycles. The van der Waals surface area contributed by atoms with Crippen molar-refractivity contribution in [3.63, 3.8) is 0 Å². The zero-order valence-electron chi connectivity index (χ0n) is 9.42. The molecule has 0 unspecified atom stereocenters. The first-order valence-electron chi connectivity index (χ1n) is 5.07. The molecule has 0 bridgehead atoms. The molecular weight excluding hydrogens is 240 g/mol. The molecule has 1 atom stereocenters. The Kier molecular flexibility index (Phi) is 5.48. The molecule has 6 heteroatoms. The average Bonchev–Trinajstić information content (AvgIpc) is 2.35. The van der Waals surface area contributed by atoms with E-state index < -0.39 is 17.9 Å². The average molecular weight is 254 g/mol. The van der Waals surface area contributed by atoms with Crippen molar-refractivity contribution < 1.29 is 14.7 Å². The zero-order valence-corrected chi connectivity index (χ0v) is 10.2. The highest BCUT2D eigenvalue weighted by atomic mass is 32.2. The fraction of sp³-hybridized carbons (Fsp3) is 0.364. The minimum Gasteiger partial charge on any atom is -0.480 e. The van der Waals surface area contributed by atoms with Crippen molar-refractivity contribution in [1.29, 1.82) is 0 Å². The number of pyridine rings is 1. The monoisotopic (exact) mass is 254 g/mol. The van der Waals surface area contributed by atoms with E-state index in [9.17, 15) is 9.59 Å². The van der Waals surface area contributed by atoms with Crippen LogP contribution in [0.4, 0.5) is 0 Å². The Bertz CT molecular complexity index is 384. The molecule has 0 aliphatic heterocycles. The Morgan fingerprint density at radius 3 is 2.88 bits per heavy atom. The highest BCUT2D eigenvalue weighted by molar-refractivity contribution is 7.98. The SMILES string of the molecule is CSCC[C@@H](NC(=O)c1cccnc1)C(=O)O. The Morgan fingerprint density at radius 2 is 2.35 bits per heavy atom. The molecule has 0 saturated heterocycles. The van der Waals surface area contributed by atoms with Gasteiger partial charge >= 0.3 is 5.97 Å². The molecule has 1 amide bonds. The Balaban J connectivity index is 2.61. The Hall–Kier alpha value is -1.56. The number of rotatable bonds is 6. The predicted octanol–water partition coefficient (Wildman–Crippen LogP) is 1.02. The van der Waals surface area contributed by atoms with E-state index in [-0.39, 0.29) is 0 Å². The molecule has 0 spiro atoms. The van der Waals surface area contributed by atoms with Crippen LogP contribution in [0.25, 0.3) is 0 Å². The molecule has 1 aromatic heterocycles. The van der Waals surface area contributed by atoms with Crippen LogP contribution in [-0.4, -0.2) is 40.0 Å². The smallest absolute Gasteiger partial charge is 0.326 e. The minimum absolute atomic E-state index is 0.364. The third-order valence-electron chi connectivity index (χ3n) is 2.14. The van der Waals surface area contributed by atoms with Gasteiger partial charge in [0.05, 0.1) is 5.56 Å². The molecule has 17 heavy (non-hydrogen) atoms. The van der Waals surface area contributed by atoms with Crippen LogP contribution in [0.1, 0.15) is 16.8 Å². The summed E-state index contributed by atoms with van der Waals surface area (Å²) in [6, 6.07) is 2.37. The van der Waals surface area contributed by atoms with Gasteiger partial charge in [-0.05, 0) is 30.6 Å². The highest BCUT2D eigenvalue weighted by Crippen LogP contribution is 2.03. The molecule has 2 N–H and O–H groups in total. The van der Waals surface area contributed by atoms with Gasteiger partial charge in [-0.25, -0.2) is 4.79 Å². The molecule has 1 rings (SSSR count). The van der Waals surface area contributed by atoms with Crippen LogP contribution in [0.15, 0.2) is 24.5 Å². The number of nitrogens with one attached hydrogen (secondary N) is 1. The molecule has 1 heterocycles. The van der Waals surface area contributed by atoms with Gasteiger partial charge in [-0.1, -0.05) is 0 Å². The van der Waals surface area contributed by atoms with Gasteiger partial charge in [-0.15, -0.1) is 0 Å². The van der Waals surface area contributed by atoms with Gasteiger partial charge in [0.15, 0.2) is 0 Å². The maximum absolute atomic E-state index is 11.7. The van der Waals surface area contributed by atoms with Gasteiger partial charge in [0.25, 0.3) is 5.91 Å². The summed E-state index contributed by atoms with van der Waals surface area (Å²) in [5, 5.41) is 11.4. The molecule has 0 aliphatic rings. The second kappa shape index (κ2) is 6.90. The summed E-state index contributed by atoms with van der Waals surface area (Å²) in [5.41, 5.74) is 0.364. The Labute approximate surface area is 104 Å². The third kappa shape index (κ3) is 4.44. The van der Waals surface area contributed by atoms with E-state index in [0.29, 0.717) is 17.7 Å². The Morgan fingerprint density at radius 1 is 1.59 bits per heavy atom. The summed E-state index contributed by atoms with van der Waals surface area (Å²) < 4.78 is 0. The fourth-order valence-corrected chi connectivity index (χ4v) is 1.70. The first kappa shape index (κ1) is 13.5. The van der Waals surface area contributed by atoms with Gasteiger partial charge in [0.1, 0.15) is 6.04 Å². The summed E-state index contributed by atoms with van der Waals surface area (Å²) in [7, 11) is 0. The van der Waals surface area contributed by atoms with E-state index >= 15 is 0 Å². The van der Waals surface area contributed by atoms with Crippen molar-refractivity contribution in [2.24, 2.45) is 0 Å². The summed E-state index contributed by atoms with van der Waals surface area (Å²) in [5.74, 6) is -0.743. The molecular formula is C11H14N2O3S. The van der Waals surface area contributed by atoms with Gasteiger partial charge in [-0.3, -0.25) is 9.78 Å². The number of aliphatic carboxylic acids is 1. The second-order valence-electron chi connectivity index (χ2n) is 3.39. The van der Waals surface area contributed by atoms with E-state index in [1.165, 1.54) is 6.20 Å². The van der Waals surface area contributed by atoms with E-state index in [1.54, 1.807) is 30.1 Å². The quantitative estimate of drug-likeness (QED) is 0.792. The van der Waals surface area contributed by atoms with Gasteiger partial charge in [-0.2, -0.15) is 11.8 Å². The minimum atomic E-state index is -1.02. The van der Waals surface area contributed by atoms with E-state index in [1.807, 2.05) is 6.26 Å². The van der Waals surface area contributed by atoms with Crippen molar-refractivity contribution in [3.05, 3.63) is 30.1 Å². The topological polar surface area (TPSA) is 79.3 Å². The molecule has 0 fully saturated rings. The lowest BCUT2D eigenvalue weighted by atomic mass is 10.2. The van der Waals surface area contributed by atoms with Gasteiger partial charge in [0, 0.05) is 12.4 Å². The normalized spacial score (nSPS) is 11.8. The van der Waals surface area contributed by atoms with Gasteiger partial charge in [0.2, 0.25) is 0 Å². The number of carbonyl (C=O) groups is 2. The number of hydrogen-bond donors (Lipinski definition) is 2. The highest BCUT2D eigenvalue weighted by Gasteiger charge is 2.19. The van der Waals surface area contributed by atoms with Crippen molar-refractivity contribution in [3.8, 4) is 0 Å². The molecule has 0 saturated carbocycles. The number of aromatic nitrogens is 1. The molecule has 1 aromatic rings. The van der Waals surface area contributed by atoms with E-state index in [0.717, 1.165) is 0 Å². The van der Waals surface area contributed by atoms with Crippen molar-refractivity contribution in [2.75, 3.05) is 12.0 Å². The summed E-state index contributed by atoms with van der Waals surface area (Å²) >= 11 is 1.54. The van der Waals surface area contributed by atoms with Crippen LogP contribution in [0.2, 0.25) is 0 Å². The fourth-order valence-electron chi connectivity index (χ4n) is 1.23. The maximum Gasteiger partial charge on any atom is 0.326 e. The molecule has 0 radical (unpaired) electrons. The molecule has 0 aromatic carbocycles. The number of thioether (sulfide) groups is 1. The zero-order chi connectivity index (χ0) is 12.7. The number of amides is 1. The largest absolute Gasteiger partial charge is 0.480 e. The van der Waals surface area contributed by atoms with Gasteiger partial charge < -0.3 is 10.4 Å². The maximum atomic E-state index is 11.7. The van der Waals surface area contributed by atoms with E-state index in [2.05, 4.69) is 10.3 Å². The summed E-state index contributed by atoms with van der Waals surface area (Å²) in [4.78, 5) is 26.4. The number of hydrogen-bond acceptors (Lipinski definition) is 4. The first-order chi connectivity index (χ1) is 8.15. The second-order valence-corrected chi connectivity index (χ2v) is 4.37. The lowest BCUT2D eigenvalue weighted by Crippen LogP contribution is -2.41. The lowest BCUT2D eigenvalue weighted by molar-refractivity contribution is -0.139. The van der Waals surface area contributed by atoms with Crippen LogP contribution < -0.4 is 5.32 Å². The number of carboxylic acid groups (broad SMARTS) is 1. The predicted molar refractivity (Wildman–Crippen MR) is 66.1 cm³/mol. The summed E-state index contributed by atoms with van der Waals surface area (Å²) in [6.07, 6.45) is 5.26. The van der Waals surface area contributed by atoms with Crippen LogP contribution in [0, 0.1) is 0 Å². The molecule has 5 nitrogen and oxygen atoms in total. The van der Waals surface area contributed by atoms with Crippen molar-refractivity contribution in [2.45, 2.75) is 12.5 Å². The third-order valence-corrected chi connectivity index (χ3v) is 2.78. The standard InChI is InChI=1S/C11H14N2O3S/c1-17-6-4-9(11(15)16)13-10(14)8-3-2-5-12-7-8/h2-3,5,7,9H,4,6H2,1H3,(H,13,14)(H,15,16)/t9-/m1/s1. The number of carboxylic acids is 1. The number of carbonyl (C=O) groups excluding carboxylic acids is 1. The lowest BCUT2D eigenvalue weighted by Gasteiger charge is -2.13. The van der Waals surface area contributed by atoms with Crippen LogP contribution in [-0.2, 0) is 4.79 Å². The summed E-state index contributed by atoms with van der Waals surface area (Å²) in [6.45, 7) is 0.